The molecule has 0 spiro atoms. The number of hydrazone groups is 1. The molecule has 0 fully saturated rings. The summed E-state index contributed by atoms with van der Waals surface area (Å²) in [6, 6.07) is 17.9. The Bertz CT molecular complexity index is 1000. The number of aromatic nitrogens is 3. The fraction of sp³-hybridized carbons (Fsp3) is 0.0556. The molecule has 4 rings (SSSR count). The van der Waals surface area contributed by atoms with E-state index >= 15 is 0 Å². The van der Waals surface area contributed by atoms with Crippen molar-refractivity contribution < 1.29 is 38.1 Å². The van der Waals surface area contributed by atoms with Gasteiger partial charge in [-0.15, -0.1) is 28.8 Å². The predicted molar refractivity (Wildman–Crippen MR) is 88.9 cm³/mol. The molecule has 1 aliphatic rings. The van der Waals surface area contributed by atoms with E-state index in [0.29, 0.717) is 0 Å². The Hall–Kier alpha value is -2.99. The van der Waals surface area contributed by atoms with Gasteiger partial charge in [0, 0.05) is 31.7 Å². The third kappa shape index (κ3) is 5.49. The minimum absolute atomic E-state index is 0. The zero-order valence-electron chi connectivity index (χ0n) is 14.0. The topological polar surface area (TPSA) is 57.0 Å². The van der Waals surface area contributed by atoms with Gasteiger partial charge in [-0.1, -0.05) is 11.6 Å². The molecule has 0 bridgehead atoms. The fourth-order valence-corrected chi connectivity index (χ4v) is 1.95. The summed E-state index contributed by atoms with van der Waals surface area (Å²) in [6.45, 7) is 0. The zero-order valence-corrected chi connectivity index (χ0v) is 16.4. The van der Waals surface area contributed by atoms with Crippen molar-refractivity contribution in [3.05, 3.63) is 72.8 Å². The van der Waals surface area contributed by atoms with Gasteiger partial charge in [0.2, 0.25) is 5.10 Å². The van der Waals surface area contributed by atoms with E-state index in [1.807, 2.05) is 31.3 Å². The minimum Gasteiger partial charge on any atom is -0.266 e. The SMILES string of the molecule is C[N+]1=C=[N+](c2[c-]cccc2)N=C1.Fc1c[c-]c(-c2ncncn2)c(F)c1.[Ir]. The standard InChI is InChI=1S/C9H4F2N3.C9H8N3.Ir/c10-6-1-2-7(8(11)3-6)9-13-4-12-5-14-9;1-11-7-10-12(8-11)9-5-3-2-4-6-9;/h1,3-5H;2-5,7H,1H3;/q-1;+1;. The summed E-state index contributed by atoms with van der Waals surface area (Å²) in [6.07, 6.45) is 4.17. The van der Waals surface area contributed by atoms with Crippen molar-refractivity contribution in [3.8, 4) is 11.4 Å². The van der Waals surface area contributed by atoms with E-state index < -0.39 is 11.6 Å². The molecular weight excluding hydrogens is 530 g/mol. The summed E-state index contributed by atoms with van der Waals surface area (Å²) in [5.41, 5.74) is 0.937. The van der Waals surface area contributed by atoms with Crippen LogP contribution in [-0.4, -0.2) is 43.6 Å². The van der Waals surface area contributed by atoms with Gasteiger partial charge in [0.25, 0.3) is 0 Å². The number of halogens is 2. The van der Waals surface area contributed by atoms with Crippen LogP contribution in [0.3, 0.4) is 0 Å². The smallest absolute Gasteiger partial charge is 0.266 e. The molecule has 137 valence electrons. The second kappa shape index (κ2) is 9.64. The summed E-state index contributed by atoms with van der Waals surface area (Å²) in [5, 5.41) is 4.08. The molecule has 0 unspecified atom stereocenters. The molecule has 1 aliphatic heterocycles. The minimum atomic E-state index is -0.740. The van der Waals surface area contributed by atoms with Crippen molar-refractivity contribution in [2.24, 2.45) is 5.10 Å². The molecule has 1 radical (unpaired) electrons. The van der Waals surface area contributed by atoms with Crippen molar-refractivity contribution in [2.45, 2.75) is 0 Å². The summed E-state index contributed by atoms with van der Waals surface area (Å²) >= 11 is 0. The monoisotopic (exact) mass is 543 g/mol. The van der Waals surface area contributed by atoms with Crippen LogP contribution in [0.4, 0.5) is 14.5 Å². The third-order valence-electron chi connectivity index (χ3n) is 3.09. The first-order chi connectivity index (χ1) is 12.6. The number of para-hydroxylation sites is 1. The van der Waals surface area contributed by atoms with Crippen molar-refractivity contribution in [1.82, 2.24) is 15.0 Å². The summed E-state index contributed by atoms with van der Waals surface area (Å²) in [7, 11) is 1.88. The number of hydrogen-bond acceptors (Lipinski definition) is 4. The molecule has 0 N–H and O–H groups in total. The van der Waals surface area contributed by atoms with Gasteiger partial charge in [-0.05, 0) is 0 Å². The first kappa shape index (κ1) is 20.3. The molecule has 0 saturated carbocycles. The molecule has 3 aromatic rings. The van der Waals surface area contributed by atoms with Gasteiger partial charge in [0.15, 0.2) is 0 Å². The number of benzene rings is 2. The van der Waals surface area contributed by atoms with Gasteiger partial charge in [-0.2, -0.15) is 18.2 Å². The molecular formula is C18H12F2IrN6. The predicted octanol–water partition coefficient (Wildman–Crippen LogP) is 2.52. The van der Waals surface area contributed by atoms with Crippen LogP contribution < -0.4 is 0 Å². The molecule has 27 heavy (non-hydrogen) atoms. The Morgan fingerprint density at radius 3 is 2.48 bits per heavy atom. The van der Waals surface area contributed by atoms with Crippen LogP contribution in [-0.2, 0) is 20.1 Å². The molecule has 0 aliphatic carbocycles. The van der Waals surface area contributed by atoms with Crippen molar-refractivity contribution in [2.75, 3.05) is 7.05 Å². The van der Waals surface area contributed by atoms with Crippen LogP contribution in [0.1, 0.15) is 0 Å². The number of rotatable bonds is 2. The molecule has 9 heteroatoms. The first-order valence-electron chi connectivity index (χ1n) is 7.42. The summed E-state index contributed by atoms with van der Waals surface area (Å²) in [4.78, 5) is 11.0. The average Bonchev–Trinajstić information content (AvgIpc) is 3.10. The molecule has 0 saturated heterocycles. The summed E-state index contributed by atoms with van der Waals surface area (Å²) in [5.74, 6) is -1.28. The molecule has 0 atom stereocenters. The molecule has 1 aromatic heterocycles. The molecule has 0 amide bonds. The Labute approximate surface area is 167 Å². The number of nitrogens with zero attached hydrogens (tertiary/aromatic N) is 6. The van der Waals surface area contributed by atoms with E-state index in [9.17, 15) is 8.78 Å². The Morgan fingerprint density at radius 2 is 1.89 bits per heavy atom. The van der Waals surface area contributed by atoms with Crippen LogP contribution in [0.15, 0.2) is 54.2 Å². The van der Waals surface area contributed by atoms with Crippen molar-refractivity contribution >= 4 is 18.0 Å². The van der Waals surface area contributed by atoms with Gasteiger partial charge in [0.1, 0.15) is 25.4 Å². The second-order valence-corrected chi connectivity index (χ2v) is 5.00. The molecule has 2 aromatic carbocycles. The molecule has 6 nitrogen and oxygen atoms in total. The first-order valence-corrected chi connectivity index (χ1v) is 7.42. The number of hydrogen-bond donors (Lipinski definition) is 0. The van der Waals surface area contributed by atoms with Crippen molar-refractivity contribution in [1.29, 1.82) is 0 Å². The second-order valence-electron chi connectivity index (χ2n) is 5.00. The maximum atomic E-state index is 13.2. The van der Waals surface area contributed by atoms with Crippen molar-refractivity contribution in [3.63, 3.8) is 0 Å². The van der Waals surface area contributed by atoms with E-state index in [4.69, 9.17) is 0 Å². The van der Waals surface area contributed by atoms with E-state index in [-0.39, 0.29) is 31.5 Å². The van der Waals surface area contributed by atoms with Gasteiger partial charge in [-0.3, -0.25) is 18.7 Å². The van der Waals surface area contributed by atoms with E-state index in [1.165, 1.54) is 12.7 Å². The Balaban J connectivity index is 0.000000189. The van der Waals surface area contributed by atoms with Gasteiger partial charge in [0.05, 0.1) is 10.5 Å². The van der Waals surface area contributed by atoms with Gasteiger partial charge in [-0.25, -0.2) is 4.98 Å². The third-order valence-corrected chi connectivity index (χ3v) is 3.09. The van der Waals surface area contributed by atoms with E-state index in [0.717, 1.165) is 17.8 Å². The normalized spacial score (nSPS) is 11.7. The van der Waals surface area contributed by atoms with Crippen LogP contribution in [0.5, 0.6) is 0 Å². The van der Waals surface area contributed by atoms with Crippen LogP contribution in [0.25, 0.3) is 11.4 Å². The van der Waals surface area contributed by atoms with Crippen LogP contribution in [0, 0.1) is 23.8 Å². The Morgan fingerprint density at radius 1 is 1.11 bits per heavy atom. The molecule has 2 heterocycles. The average molecular weight is 543 g/mol. The van der Waals surface area contributed by atoms with Crippen LogP contribution in [0.2, 0.25) is 0 Å². The summed E-state index contributed by atoms with van der Waals surface area (Å²) < 4.78 is 29.1. The van der Waals surface area contributed by atoms with E-state index in [2.05, 4.69) is 38.2 Å². The largest absolute Gasteiger partial charge is 0.420 e. The fourth-order valence-electron chi connectivity index (χ4n) is 1.95. The maximum Gasteiger partial charge on any atom is 0.420 e. The van der Waals surface area contributed by atoms with Gasteiger partial charge >= 0.3 is 12.3 Å². The van der Waals surface area contributed by atoms with Crippen LogP contribution >= 0.6 is 0 Å². The zero-order chi connectivity index (χ0) is 18.4. The maximum absolute atomic E-state index is 13.2. The quantitative estimate of drug-likeness (QED) is 0.370. The Kier molecular flexibility index (Phi) is 7.25. The van der Waals surface area contributed by atoms with Gasteiger partial charge < -0.3 is 0 Å². The van der Waals surface area contributed by atoms with E-state index in [1.54, 1.807) is 15.6 Å².